The fraction of sp³-hybridized carbons (Fsp3) is 0.571. The van der Waals surface area contributed by atoms with Crippen molar-refractivity contribution in [1.29, 1.82) is 0 Å². The Balaban J connectivity index is 2.22. The van der Waals surface area contributed by atoms with Gasteiger partial charge in [0.05, 0.1) is 6.61 Å². The van der Waals surface area contributed by atoms with Crippen LogP contribution < -0.4 is 5.73 Å². The van der Waals surface area contributed by atoms with Crippen LogP contribution in [0.5, 0.6) is 0 Å². The molecule has 1 atom stereocenters. The molecule has 0 saturated carbocycles. The molecule has 1 aromatic carbocycles. The van der Waals surface area contributed by atoms with Gasteiger partial charge in [-0.25, -0.2) is 0 Å². The van der Waals surface area contributed by atoms with Gasteiger partial charge in [0.2, 0.25) is 0 Å². The van der Waals surface area contributed by atoms with Gasteiger partial charge in [0.15, 0.2) is 0 Å². The van der Waals surface area contributed by atoms with Crippen molar-refractivity contribution in [3.8, 4) is 0 Å². The first-order chi connectivity index (χ1) is 8.22. The summed E-state index contributed by atoms with van der Waals surface area (Å²) in [7, 11) is 2.09. The van der Waals surface area contributed by atoms with E-state index in [-0.39, 0.29) is 6.04 Å². The number of nitrogens with two attached hydrogens (primary N) is 1. The van der Waals surface area contributed by atoms with Gasteiger partial charge in [-0.3, -0.25) is 0 Å². The standard InChI is InChI=1S/C14H24N2O/c1-3-17-10-9-16(2)12-14(15)11-13-7-5-4-6-8-13/h4-8,14H,3,9-12,15H2,1-2H3. The molecular weight excluding hydrogens is 212 g/mol. The zero-order chi connectivity index (χ0) is 12.5. The minimum atomic E-state index is 0.184. The lowest BCUT2D eigenvalue weighted by Gasteiger charge is -2.21. The van der Waals surface area contributed by atoms with E-state index in [1.54, 1.807) is 0 Å². The van der Waals surface area contributed by atoms with E-state index in [0.717, 1.165) is 32.7 Å². The lowest BCUT2D eigenvalue weighted by molar-refractivity contribution is 0.120. The van der Waals surface area contributed by atoms with Gasteiger partial charge in [0, 0.05) is 25.7 Å². The average molecular weight is 236 g/mol. The molecule has 0 aliphatic rings. The maximum absolute atomic E-state index is 6.13. The van der Waals surface area contributed by atoms with E-state index in [0.29, 0.717) is 0 Å². The van der Waals surface area contributed by atoms with E-state index in [4.69, 9.17) is 10.5 Å². The van der Waals surface area contributed by atoms with E-state index in [1.165, 1.54) is 5.56 Å². The summed E-state index contributed by atoms with van der Waals surface area (Å²) in [5.74, 6) is 0. The van der Waals surface area contributed by atoms with Gasteiger partial charge < -0.3 is 15.4 Å². The molecule has 17 heavy (non-hydrogen) atoms. The van der Waals surface area contributed by atoms with Gasteiger partial charge in [0.25, 0.3) is 0 Å². The molecule has 1 aromatic rings. The van der Waals surface area contributed by atoms with E-state index in [9.17, 15) is 0 Å². The molecule has 0 bridgehead atoms. The monoisotopic (exact) mass is 236 g/mol. The molecule has 0 spiro atoms. The van der Waals surface area contributed by atoms with Crippen molar-refractivity contribution in [1.82, 2.24) is 4.90 Å². The molecule has 96 valence electrons. The van der Waals surface area contributed by atoms with Gasteiger partial charge in [-0.05, 0) is 26.0 Å². The Morgan fingerprint density at radius 3 is 2.65 bits per heavy atom. The van der Waals surface area contributed by atoms with Crippen LogP contribution in [0.1, 0.15) is 12.5 Å². The first-order valence-corrected chi connectivity index (χ1v) is 6.28. The number of hydrogen-bond acceptors (Lipinski definition) is 3. The summed E-state index contributed by atoms with van der Waals surface area (Å²) < 4.78 is 5.32. The second-order valence-electron chi connectivity index (χ2n) is 4.41. The molecule has 0 aliphatic carbocycles. The summed E-state index contributed by atoms with van der Waals surface area (Å²) in [6.07, 6.45) is 0.930. The topological polar surface area (TPSA) is 38.5 Å². The van der Waals surface area contributed by atoms with Crippen molar-refractivity contribution in [2.75, 3.05) is 33.4 Å². The Hall–Kier alpha value is -0.900. The molecule has 0 saturated heterocycles. The summed E-state index contributed by atoms with van der Waals surface area (Å²) in [6, 6.07) is 10.6. The van der Waals surface area contributed by atoms with Crippen molar-refractivity contribution in [2.45, 2.75) is 19.4 Å². The van der Waals surface area contributed by atoms with Crippen LogP contribution >= 0.6 is 0 Å². The largest absolute Gasteiger partial charge is 0.380 e. The first kappa shape index (κ1) is 14.2. The van der Waals surface area contributed by atoms with Gasteiger partial charge >= 0.3 is 0 Å². The summed E-state index contributed by atoms with van der Waals surface area (Å²) in [5.41, 5.74) is 7.43. The van der Waals surface area contributed by atoms with Crippen LogP contribution in [0.4, 0.5) is 0 Å². The summed E-state index contributed by atoms with van der Waals surface area (Å²) in [4.78, 5) is 2.23. The fourth-order valence-corrected chi connectivity index (χ4v) is 1.84. The maximum Gasteiger partial charge on any atom is 0.0593 e. The Bertz CT molecular complexity index is 290. The number of hydrogen-bond donors (Lipinski definition) is 1. The lowest BCUT2D eigenvalue weighted by atomic mass is 10.1. The predicted molar refractivity (Wildman–Crippen MR) is 72.1 cm³/mol. The third-order valence-corrected chi connectivity index (χ3v) is 2.71. The highest BCUT2D eigenvalue weighted by atomic mass is 16.5. The average Bonchev–Trinajstić information content (AvgIpc) is 2.30. The molecule has 3 nitrogen and oxygen atoms in total. The van der Waals surface area contributed by atoms with E-state index in [1.807, 2.05) is 13.0 Å². The van der Waals surface area contributed by atoms with Crippen LogP contribution in [0.25, 0.3) is 0 Å². The van der Waals surface area contributed by atoms with Crippen molar-refractivity contribution in [3.05, 3.63) is 35.9 Å². The van der Waals surface area contributed by atoms with Crippen molar-refractivity contribution >= 4 is 0 Å². The van der Waals surface area contributed by atoms with Crippen LogP contribution in [0.3, 0.4) is 0 Å². The minimum absolute atomic E-state index is 0.184. The Morgan fingerprint density at radius 2 is 2.00 bits per heavy atom. The van der Waals surface area contributed by atoms with E-state index in [2.05, 4.69) is 36.2 Å². The zero-order valence-corrected chi connectivity index (χ0v) is 10.9. The highest BCUT2D eigenvalue weighted by molar-refractivity contribution is 5.15. The minimum Gasteiger partial charge on any atom is -0.380 e. The highest BCUT2D eigenvalue weighted by Crippen LogP contribution is 2.02. The van der Waals surface area contributed by atoms with Crippen LogP contribution in [0.15, 0.2) is 30.3 Å². The molecule has 0 aromatic heterocycles. The van der Waals surface area contributed by atoms with Crippen LogP contribution in [-0.2, 0) is 11.2 Å². The maximum atomic E-state index is 6.13. The van der Waals surface area contributed by atoms with E-state index < -0.39 is 0 Å². The predicted octanol–water partition coefficient (Wildman–Crippen LogP) is 1.52. The highest BCUT2D eigenvalue weighted by Gasteiger charge is 2.07. The number of likely N-dealkylation sites (N-methyl/N-ethyl adjacent to an activating group) is 1. The quantitative estimate of drug-likeness (QED) is 0.696. The molecule has 0 amide bonds. The third kappa shape index (κ3) is 6.41. The summed E-state index contributed by atoms with van der Waals surface area (Å²) in [6.45, 7) is 5.43. The molecule has 1 unspecified atom stereocenters. The zero-order valence-electron chi connectivity index (χ0n) is 10.9. The molecule has 0 aliphatic heterocycles. The SMILES string of the molecule is CCOCCN(C)CC(N)Cc1ccccc1. The Morgan fingerprint density at radius 1 is 1.29 bits per heavy atom. The molecule has 2 N–H and O–H groups in total. The first-order valence-electron chi connectivity index (χ1n) is 6.28. The number of nitrogens with zero attached hydrogens (tertiary/aromatic N) is 1. The molecule has 0 heterocycles. The second kappa shape index (κ2) is 8.23. The van der Waals surface area contributed by atoms with E-state index >= 15 is 0 Å². The van der Waals surface area contributed by atoms with Crippen molar-refractivity contribution in [2.24, 2.45) is 5.73 Å². The van der Waals surface area contributed by atoms with Gasteiger partial charge in [0.1, 0.15) is 0 Å². The molecule has 0 radical (unpaired) electrons. The number of rotatable bonds is 8. The van der Waals surface area contributed by atoms with Crippen molar-refractivity contribution < 1.29 is 4.74 Å². The lowest BCUT2D eigenvalue weighted by Crippen LogP contribution is -2.38. The third-order valence-electron chi connectivity index (χ3n) is 2.71. The van der Waals surface area contributed by atoms with Crippen LogP contribution in [-0.4, -0.2) is 44.3 Å². The van der Waals surface area contributed by atoms with Gasteiger partial charge in [-0.15, -0.1) is 0 Å². The number of ether oxygens (including phenoxy) is 1. The number of benzene rings is 1. The smallest absolute Gasteiger partial charge is 0.0593 e. The van der Waals surface area contributed by atoms with Gasteiger partial charge in [-0.1, -0.05) is 30.3 Å². The van der Waals surface area contributed by atoms with Crippen molar-refractivity contribution in [3.63, 3.8) is 0 Å². The molecule has 3 heteroatoms. The van der Waals surface area contributed by atoms with Crippen LogP contribution in [0.2, 0.25) is 0 Å². The van der Waals surface area contributed by atoms with Gasteiger partial charge in [-0.2, -0.15) is 0 Å². The fourth-order valence-electron chi connectivity index (χ4n) is 1.84. The second-order valence-corrected chi connectivity index (χ2v) is 4.41. The normalized spacial score (nSPS) is 12.9. The molecule has 1 rings (SSSR count). The molecule has 0 fully saturated rings. The molecular formula is C14H24N2O. The Kier molecular flexibility index (Phi) is 6.86. The Labute approximate surface area is 105 Å². The van der Waals surface area contributed by atoms with Crippen LogP contribution in [0, 0.1) is 0 Å². The summed E-state index contributed by atoms with van der Waals surface area (Å²) >= 11 is 0. The summed E-state index contributed by atoms with van der Waals surface area (Å²) in [5, 5.41) is 0.